The fraction of sp³-hybridized carbons (Fsp3) is 0.562. The molecule has 0 radical (unpaired) electrons. The molecule has 0 amide bonds. The molecule has 114 valence electrons. The lowest BCUT2D eigenvalue weighted by Crippen LogP contribution is -2.24. The van der Waals surface area contributed by atoms with E-state index in [0.717, 1.165) is 54.5 Å². The van der Waals surface area contributed by atoms with Gasteiger partial charge in [0, 0.05) is 43.0 Å². The second kappa shape index (κ2) is 6.38. The fourth-order valence-electron chi connectivity index (χ4n) is 3.20. The van der Waals surface area contributed by atoms with Crippen molar-refractivity contribution in [2.45, 2.75) is 19.4 Å². The molecule has 3 rings (SSSR count). The first kappa shape index (κ1) is 14.9. The van der Waals surface area contributed by atoms with E-state index in [1.807, 2.05) is 17.8 Å². The van der Waals surface area contributed by atoms with Gasteiger partial charge >= 0.3 is 0 Å². The van der Waals surface area contributed by atoms with Gasteiger partial charge in [-0.1, -0.05) is 13.0 Å². The summed E-state index contributed by atoms with van der Waals surface area (Å²) in [7, 11) is 0. The van der Waals surface area contributed by atoms with Crippen molar-refractivity contribution in [1.29, 1.82) is 0 Å². The average Bonchev–Trinajstić information content (AvgIpc) is 3.02. The molecule has 1 fully saturated rings. The number of likely N-dealkylation sites (tertiary alicyclic amines) is 1. The number of aliphatic hydroxyl groups is 1. The standard InChI is InChI=1S/C16H23N3OS/c1-2-21-10-12-8-19(9-15(12)20)7-11-3-4-13-14(17)5-6-18-16(11)13/h3,5-6,12,15,20H,2,4,7-10H2,1H3,(H2,17,18)/t12-,15-/m1/s1. The zero-order valence-electron chi connectivity index (χ0n) is 12.5. The van der Waals surface area contributed by atoms with Crippen LogP contribution in [0.15, 0.2) is 18.3 Å². The summed E-state index contributed by atoms with van der Waals surface area (Å²) in [5.41, 5.74) is 10.3. The molecule has 1 aromatic rings. The van der Waals surface area contributed by atoms with Crippen molar-refractivity contribution in [3.05, 3.63) is 29.6 Å². The van der Waals surface area contributed by atoms with E-state index in [1.165, 1.54) is 5.57 Å². The first-order valence-corrected chi connectivity index (χ1v) is 8.75. The highest BCUT2D eigenvalue weighted by atomic mass is 32.2. The number of aliphatic hydroxyl groups excluding tert-OH is 1. The highest BCUT2D eigenvalue weighted by Gasteiger charge is 2.32. The molecule has 2 atom stereocenters. The molecule has 21 heavy (non-hydrogen) atoms. The van der Waals surface area contributed by atoms with E-state index < -0.39 is 0 Å². The lowest BCUT2D eigenvalue weighted by Gasteiger charge is -2.16. The van der Waals surface area contributed by atoms with Crippen molar-refractivity contribution < 1.29 is 5.11 Å². The van der Waals surface area contributed by atoms with Crippen LogP contribution >= 0.6 is 11.8 Å². The Morgan fingerprint density at radius 1 is 1.48 bits per heavy atom. The Kier molecular flexibility index (Phi) is 4.52. The van der Waals surface area contributed by atoms with Crippen molar-refractivity contribution in [1.82, 2.24) is 9.88 Å². The van der Waals surface area contributed by atoms with Crippen LogP contribution in [0.1, 0.15) is 18.2 Å². The Hall–Kier alpha value is -1.04. The number of pyridine rings is 1. The average molecular weight is 305 g/mol. The summed E-state index contributed by atoms with van der Waals surface area (Å²) in [5, 5.41) is 10.2. The third-order valence-corrected chi connectivity index (χ3v) is 5.43. The molecule has 0 bridgehead atoms. The minimum Gasteiger partial charge on any atom is -0.398 e. The van der Waals surface area contributed by atoms with Gasteiger partial charge in [0.15, 0.2) is 0 Å². The molecule has 1 aliphatic heterocycles. The van der Waals surface area contributed by atoms with Crippen LogP contribution in [0, 0.1) is 5.92 Å². The molecule has 1 saturated heterocycles. The Bertz CT molecular complexity index is 546. The topological polar surface area (TPSA) is 62.4 Å². The summed E-state index contributed by atoms with van der Waals surface area (Å²) >= 11 is 1.91. The number of allylic oxidation sites excluding steroid dienone is 1. The van der Waals surface area contributed by atoms with E-state index in [-0.39, 0.29) is 6.10 Å². The molecule has 1 aromatic heterocycles. The summed E-state index contributed by atoms with van der Waals surface area (Å²) in [5.74, 6) is 2.56. The smallest absolute Gasteiger partial charge is 0.0727 e. The van der Waals surface area contributed by atoms with Gasteiger partial charge in [-0.3, -0.25) is 9.88 Å². The van der Waals surface area contributed by atoms with E-state index in [4.69, 9.17) is 5.73 Å². The molecule has 5 heteroatoms. The van der Waals surface area contributed by atoms with Gasteiger partial charge in [-0.15, -0.1) is 0 Å². The van der Waals surface area contributed by atoms with Gasteiger partial charge in [0.25, 0.3) is 0 Å². The lowest BCUT2D eigenvalue weighted by atomic mass is 10.1. The minimum absolute atomic E-state index is 0.195. The molecule has 0 saturated carbocycles. The van der Waals surface area contributed by atoms with E-state index in [9.17, 15) is 5.11 Å². The van der Waals surface area contributed by atoms with Crippen LogP contribution in [0.2, 0.25) is 0 Å². The summed E-state index contributed by atoms with van der Waals surface area (Å²) in [6.45, 7) is 4.78. The Morgan fingerprint density at radius 3 is 3.14 bits per heavy atom. The van der Waals surface area contributed by atoms with Crippen molar-refractivity contribution in [3.63, 3.8) is 0 Å². The summed E-state index contributed by atoms with van der Waals surface area (Å²) < 4.78 is 0. The zero-order chi connectivity index (χ0) is 14.8. The summed E-state index contributed by atoms with van der Waals surface area (Å²) in [6.07, 6.45) is 4.70. The van der Waals surface area contributed by atoms with Gasteiger partial charge in [0.2, 0.25) is 0 Å². The zero-order valence-corrected chi connectivity index (χ0v) is 13.3. The molecule has 1 aliphatic carbocycles. The van der Waals surface area contributed by atoms with Gasteiger partial charge < -0.3 is 10.8 Å². The van der Waals surface area contributed by atoms with Crippen molar-refractivity contribution in [3.8, 4) is 0 Å². The highest BCUT2D eigenvalue weighted by molar-refractivity contribution is 7.99. The maximum atomic E-state index is 10.2. The van der Waals surface area contributed by atoms with Crippen molar-refractivity contribution in [2.75, 3.05) is 36.9 Å². The molecule has 0 aromatic carbocycles. The van der Waals surface area contributed by atoms with Gasteiger partial charge in [-0.2, -0.15) is 11.8 Å². The van der Waals surface area contributed by atoms with Crippen LogP contribution in [0.3, 0.4) is 0 Å². The largest absolute Gasteiger partial charge is 0.398 e. The number of thioether (sulfide) groups is 1. The fourth-order valence-corrected chi connectivity index (χ4v) is 4.07. The second-order valence-electron chi connectivity index (χ2n) is 5.84. The van der Waals surface area contributed by atoms with Crippen LogP contribution in [0.25, 0.3) is 5.57 Å². The van der Waals surface area contributed by atoms with Gasteiger partial charge in [-0.05, 0) is 29.6 Å². The first-order chi connectivity index (χ1) is 10.2. The molecule has 0 spiro atoms. The molecule has 2 aliphatic rings. The van der Waals surface area contributed by atoms with Crippen molar-refractivity contribution in [2.24, 2.45) is 5.92 Å². The third-order valence-electron chi connectivity index (χ3n) is 4.36. The number of nitrogens with two attached hydrogens (primary N) is 1. The second-order valence-corrected chi connectivity index (χ2v) is 7.16. The number of hydrogen-bond donors (Lipinski definition) is 2. The quantitative estimate of drug-likeness (QED) is 0.866. The number of anilines is 1. The van der Waals surface area contributed by atoms with Gasteiger partial charge in [-0.25, -0.2) is 0 Å². The van der Waals surface area contributed by atoms with Crippen LogP contribution in [0.4, 0.5) is 5.69 Å². The predicted molar refractivity (Wildman–Crippen MR) is 89.3 cm³/mol. The summed E-state index contributed by atoms with van der Waals surface area (Å²) in [6, 6.07) is 1.87. The van der Waals surface area contributed by atoms with Gasteiger partial charge in [0.05, 0.1) is 11.8 Å². The van der Waals surface area contributed by atoms with Crippen LogP contribution < -0.4 is 5.73 Å². The predicted octanol–water partition coefficient (Wildman–Crippen LogP) is 1.65. The molecule has 0 unspecified atom stereocenters. The number of fused-ring (bicyclic) bond motifs is 1. The number of nitrogens with zero attached hydrogens (tertiary/aromatic N) is 2. The number of nitrogen functional groups attached to an aromatic ring is 1. The lowest BCUT2D eigenvalue weighted by molar-refractivity contribution is 0.151. The number of aromatic nitrogens is 1. The van der Waals surface area contributed by atoms with E-state index in [0.29, 0.717) is 5.92 Å². The Morgan fingerprint density at radius 2 is 2.33 bits per heavy atom. The van der Waals surface area contributed by atoms with E-state index >= 15 is 0 Å². The molecular formula is C16H23N3OS. The van der Waals surface area contributed by atoms with Crippen LogP contribution in [0.5, 0.6) is 0 Å². The Labute approximate surface area is 130 Å². The molecule has 3 N–H and O–H groups in total. The number of rotatable bonds is 5. The van der Waals surface area contributed by atoms with E-state index in [1.54, 1.807) is 6.20 Å². The number of hydrogen-bond acceptors (Lipinski definition) is 5. The van der Waals surface area contributed by atoms with Gasteiger partial charge in [0.1, 0.15) is 0 Å². The van der Waals surface area contributed by atoms with Crippen LogP contribution in [-0.4, -0.2) is 52.2 Å². The number of β-amino-alcohol motifs (C(OH)–C–C–N with tert-alkyl or cyclic N) is 1. The minimum atomic E-state index is -0.195. The first-order valence-electron chi connectivity index (χ1n) is 7.60. The van der Waals surface area contributed by atoms with E-state index in [2.05, 4.69) is 22.9 Å². The SMILES string of the molecule is CCSC[C@H]1CN(CC2=CCc3c(N)ccnc32)C[C@H]1O. The molecular weight excluding hydrogens is 282 g/mol. The monoisotopic (exact) mass is 305 g/mol. The maximum absolute atomic E-state index is 10.2. The molecule has 2 heterocycles. The molecule has 4 nitrogen and oxygen atoms in total. The van der Waals surface area contributed by atoms with Crippen molar-refractivity contribution >= 4 is 23.0 Å². The van der Waals surface area contributed by atoms with Crippen LogP contribution in [-0.2, 0) is 6.42 Å². The highest BCUT2D eigenvalue weighted by Crippen LogP contribution is 2.31. The normalized spacial score (nSPS) is 25.1. The summed E-state index contributed by atoms with van der Waals surface area (Å²) in [4.78, 5) is 6.83. The maximum Gasteiger partial charge on any atom is 0.0727 e. The third kappa shape index (κ3) is 3.10. The Balaban J connectivity index is 1.63.